The summed E-state index contributed by atoms with van der Waals surface area (Å²) in [4.78, 5) is 12.5. The first-order chi connectivity index (χ1) is 11.7. The molecule has 2 rings (SSSR count). The molecule has 0 amide bonds. The smallest absolute Gasteiger partial charge is 0.310 e. The van der Waals surface area contributed by atoms with Crippen molar-refractivity contribution in [2.24, 2.45) is 17.3 Å². The van der Waals surface area contributed by atoms with Crippen LogP contribution >= 0.6 is 11.6 Å². The zero-order valence-corrected chi connectivity index (χ0v) is 16.3. The number of rotatable bonds is 5. The zero-order valence-electron chi connectivity index (χ0n) is 15.5. The lowest BCUT2D eigenvalue weighted by Crippen LogP contribution is -2.13. The number of carbonyl (C=O) groups is 1. The molecule has 1 aromatic rings. The highest BCUT2D eigenvalue weighted by Gasteiger charge is 2.61. The minimum Gasteiger partial charge on any atom is -0.460 e. The topological polar surface area (TPSA) is 26.3 Å². The monoisotopic (exact) mass is 356 g/mol. The number of hydrogen-bond acceptors (Lipinski definition) is 2. The van der Waals surface area contributed by atoms with E-state index >= 15 is 0 Å². The number of carbonyl (C=O) groups excluding carboxylic acids is 1. The highest BCUT2D eigenvalue weighted by molar-refractivity contribution is 6.32. The van der Waals surface area contributed by atoms with Crippen LogP contribution in [0, 0.1) is 29.6 Å². The lowest BCUT2D eigenvalue weighted by Gasteiger charge is -2.10. The molecule has 2 unspecified atom stereocenters. The van der Waals surface area contributed by atoms with Crippen LogP contribution in [0.25, 0.3) is 5.57 Å². The van der Waals surface area contributed by atoms with E-state index in [-0.39, 0.29) is 29.8 Å². The number of terminal acetylenes is 1. The predicted molar refractivity (Wildman–Crippen MR) is 104 cm³/mol. The standard InChI is InChI=1S/C22H25ClO2/c1-7-16(15(4)17-10-8-9-11-19(17)23)13-25-21(24)20-18(12-14(2)3)22(20,5)6/h1,8-12,18,20H,13H2,2-6H3. The Morgan fingerprint density at radius 1 is 1.32 bits per heavy atom. The van der Waals surface area contributed by atoms with Crippen molar-refractivity contribution in [2.45, 2.75) is 34.6 Å². The van der Waals surface area contributed by atoms with Gasteiger partial charge in [-0.15, -0.1) is 6.42 Å². The van der Waals surface area contributed by atoms with Crippen molar-refractivity contribution < 1.29 is 9.53 Å². The second-order valence-corrected chi connectivity index (χ2v) is 7.81. The van der Waals surface area contributed by atoms with Crippen LogP contribution < -0.4 is 0 Å². The van der Waals surface area contributed by atoms with Crippen LogP contribution in [0.5, 0.6) is 0 Å². The second-order valence-electron chi connectivity index (χ2n) is 7.40. The minimum atomic E-state index is -0.188. The van der Waals surface area contributed by atoms with Gasteiger partial charge in [0.1, 0.15) is 6.61 Å². The van der Waals surface area contributed by atoms with E-state index in [0.717, 1.165) is 11.1 Å². The Morgan fingerprint density at radius 2 is 1.96 bits per heavy atom. The number of esters is 1. The summed E-state index contributed by atoms with van der Waals surface area (Å²) in [5.74, 6) is 2.57. The zero-order chi connectivity index (χ0) is 18.8. The fourth-order valence-corrected chi connectivity index (χ4v) is 3.49. The van der Waals surface area contributed by atoms with Gasteiger partial charge in [-0.1, -0.05) is 61.2 Å². The van der Waals surface area contributed by atoms with E-state index in [0.29, 0.717) is 10.6 Å². The minimum absolute atomic E-state index is 0.0633. The van der Waals surface area contributed by atoms with Gasteiger partial charge < -0.3 is 4.74 Å². The molecule has 0 bridgehead atoms. The van der Waals surface area contributed by atoms with Gasteiger partial charge in [0.15, 0.2) is 0 Å². The second kappa shape index (κ2) is 7.50. The maximum absolute atomic E-state index is 12.5. The molecule has 1 fully saturated rings. The molecule has 0 N–H and O–H groups in total. The van der Waals surface area contributed by atoms with E-state index in [1.54, 1.807) is 0 Å². The van der Waals surface area contributed by atoms with Crippen LogP contribution in [0.3, 0.4) is 0 Å². The van der Waals surface area contributed by atoms with E-state index in [1.807, 2.05) is 45.0 Å². The van der Waals surface area contributed by atoms with Crippen LogP contribution in [0.2, 0.25) is 5.02 Å². The third-order valence-electron chi connectivity index (χ3n) is 4.94. The van der Waals surface area contributed by atoms with E-state index < -0.39 is 0 Å². The molecule has 3 heteroatoms. The van der Waals surface area contributed by atoms with Gasteiger partial charge in [-0.2, -0.15) is 0 Å². The highest BCUT2D eigenvalue weighted by Crippen LogP contribution is 2.59. The Balaban J connectivity index is 2.11. The molecule has 0 aromatic heterocycles. The average molecular weight is 357 g/mol. The molecule has 1 aliphatic carbocycles. The summed E-state index contributed by atoms with van der Waals surface area (Å²) in [5, 5.41) is 0.631. The normalized spacial score (nSPS) is 21.6. The lowest BCUT2D eigenvalue weighted by atomic mass is 10.0. The van der Waals surface area contributed by atoms with E-state index in [4.69, 9.17) is 22.8 Å². The van der Waals surface area contributed by atoms with Crippen molar-refractivity contribution in [1.82, 2.24) is 0 Å². The highest BCUT2D eigenvalue weighted by atomic mass is 35.5. The predicted octanol–water partition coefficient (Wildman–Crippen LogP) is 5.53. The van der Waals surface area contributed by atoms with E-state index in [9.17, 15) is 4.79 Å². The van der Waals surface area contributed by atoms with Crippen molar-refractivity contribution in [3.8, 4) is 12.3 Å². The van der Waals surface area contributed by atoms with Gasteiger partial charge in [-0.25, -0.2) is 0 Å². The van der Waals surface area contributed by atoms with E-state index in [1.165, 1.54) is 5.57 Å². The molecule has 25 heavy (non-hydrogen) atoms. The van der Waals surface area contributed by atoms with Crippen LogP contribution in [0.4, 0.5) is 0 Å². The Morgan fingerprint density at radius 3 is 2.52 bits per heavy atom. The van der Waals surface area contributed by atoms with Crippen molar-refractivity contribution >= 4 is 23.1 Å². The third-order valence-corrected chi connectivity index (χ3v) is 5.27. The Kier molecular flexibility index (Phi) is 5.80. The number of ether oxygens (including phenoxy) is 1. The average Bonchev–Trinajstić information content (AvgIpc) is 3.07. The fourth-order valence-electron chi connectivity index (χ4n) is 3.22. The molecule has 1 aliphatic rings. The molecule has 132 valence electrons. The summed E-state index contributed by atoms with van der Waals surface area (Å²) in [6, 6.07) is 7.50. The lowest BCUT2D eigenvalue weighted by molar-refractivity contribution is -0.145. The first-order valence-electron chi connectivity index (χ1n) is 8.43. The molecule has 1 aromatic carbocycles. The fraction of sp³-hybridized carbons (Fsp3) is 0.409. The Labute approximate surface area is 155 Å². The molecule has 0 heterocycles. The van der Waals surface area contributed by atoms with E-state index in [2.05, 4.69) is 25.8 Å². The van der Waals surface area contributed by atoms with Gasteiger partial charge in [0.2, 0.25) is 0 Å². The van der Waals surface area contributed by atoms with Crippen LogP contribution in [-0.4, -0.2) is 12.6 Å². The number of benzene rings is 1. The van der Waals surface area contributed by atoms with Crippen LogP contribution in [0.15, 0.2) is 41.5 Å². The molecule has 0 saturated heterocycles. The summed E-state index contributed by atoms with van der Waals surface area (Å²) in [5.41, 5.74) is 3.51. The molecular weight excluding hydrogens is 332 g/mol. The summed E-state index contributed by atoms with van der Waals surface area (Å²) < 4.78 is 5.54. The SMILES string of the molecule is C#CC(COC(=O)C1C(C=C(C)C)C1(C)C)=C(C)c1ccccc1Cl. The van der Waals surface area contributed by atoms with Gasteiger partial charge in [0.25, 0.3) is 0 Å². The molecule has 0 radical (unpaired) electrons. The van der Waals surface area contributed by atoms with Crippen molar-refractivity contribution in [1.29, 1.82) is 0 Å². The van der Waals surface area contributed by atoms with Crippen LogP contribution in [0.1, 0.15) is 40.2 Å². The summed E-state index contributed by atoms with van der Waals surface area (Å²) >= 11 is 6.23. The van der Waals surface area contributed by atoms with Gasteiger partial charge >= 0.3 is 5.97 Å². The molecular formula is C22H25ClO2. The van der Waals surface area contributed by atoms with Crippen molar-refractivity contribution in [3.05, 3.63) is 52.1 Å². The van der Waals surface area contributed by atoms with Gasteiger partial charge in [0, 0.05) is 10.6 Å². The van der Waals surface area contributed by atoms with Gasteiger partial charge in [0.05, 0.1) is 5.92 Å². The first kappa shape index (κ1) is 19.3. The molecule has 1 saturated carbocycles. The molecule has 0 spiro atoms. The Hall–Kier alpha value is -1.98. The quantitative estimate of drug-likeness (QED) is 0.394. The summed E-state index contributed by atoms with van der Waals surface area (Å²) in [6.45, 7) is 10.3. The molecule has 2 nitrogen and oxygen atoms in total. The Bertz CT molecular complexity index is 773. The van der Waals surface area contributed by atoms with Crippen LogP contribution in [-0.2, 0) is 9.53 Å². The third kappa shape index (κ3) is 4.17. The maximum Gasteiger partial charge on any atom is 0.310 e. The largest absolute Gasteiger partial charge is 0.460 e. The van der Waals surface area contributed by atoms with Gasteiger partial charge in [-0.3, -0.25) is 4.79 Å². The maximum atomic E-state index is 12.5. The number of allylic oxidation sites excluding steroid dienone is 3. The summed E-state index contributed by atoms with van der Waals surface area (Å²) in [7, 11) is 0. The summed E-state index contributed by atoms with van der Waals surface area (Å²) in [6.07, 6.45) is 7.79. The van der Waals surface area contributed by atoms with Gasteiger partial charge in [-0.05, 0) is 49.3 Å². The number of hydrogen-bond donors (Lipinski definition) is 0. The van der Waals surface area contributed by atoms with Crippen molar-refractivity contribution in [3.63, 3.8) is 0 Å². The van der Waals surface area contributed by atoms with Crippen molar-refractivity contribution in [2.75, 3.05) is 6.61 Å². The molecule has 2 atom stereocenters. The number of halogens is 1. The molecule has 0 aliphatic heterocycles. The first-order valence-corrected chi connectivity index (χ1v) is 8.80.